The third-order valence-electron chi connectivity index (χ3n) is 4.41. The number of hydrogen-bond acceptors (Lipinski definition) is 3. The van der Waals surface area contributed by atoms with Crippen molar-refractivity contribution in [2.24, 2.45) is 5.73 Å². The third-order valence-corrected chi connectivity index (χ3v) is 5.36. The molecule has 0 rings (SSSR count). The summed E-state index contributed by atoms with van der Waals surface area (Å²) in [6, 6.07) is 0. The molecule has 0 amide bonds. The maximum atomic E-state index is 8.45. The van der Waals surface area contributed by atoms with Gasteiger partial charge in [0.05, 0.1) is 6.10 Å². The molecule has 166 valence electrons. The Hall–Kier alpha value is 0.490. The summed E-state index contributed by atoms with van der Waals surface area (Å²) in [6.07, 6.45) is 22.6. The lowest BCUT2D eigenvalue weighted by Crippen LogP contribution is -1.98. The highest BCUT2D eigenvalue weighted by molar-refractivity contribution is 8.06. The summed E-state index contributed by atoms with van der Waals surface area (Å²) in [5.74, 6) is 0. The van der Waals surface area contributed by atoms with E-state index in [0.717, 1.165) is 6.54 Å². The van der Waals surface area contributed by atoms with E-state index in [1.807, 2.05) is 0 Å². The molecular weight excluding hydrogens is 377 g/mol. The summed E-state index contributed by atoms with van der Waals surface area (Å²) in [6.45, 7) is 3.15. The van der Waals surface area contributed by atoms with Gasteiger partial charge in [-0.3, -0.25) is 0 Å². The van der Waals surface area contributed by atoms with Crippen LogP contribution in [0.4, 0.5) is 0 Å². The Kier molecular flexibility index (Phi) is 25.0. The Morgan fingerprint density at radius 1 is 0.704 bits per heavy atom. The van der Waals surface area contributed by atoms with Crippen molar-refractivity contribution < 1.29 is 14.3 Å². The van der Waals surface area contributed by atoms with Crippen LogP contribution in [0, 0.1) is 0 Å². The lowest BCUT2D eigenvalue weighted by atomic mass is 10.0. The van der Waals surface area contributed by atoms with Crippen molar-refractivity contribution >= 4 is 18.5 Å². The molecule has 0 aliphatic rings. The molecule has 0 aromatic carbocycles. The zero-order valence-corrected chi connectivity index (χ0v) is 20.0. The normalized spacial score (nSPS) is 11.5. The minimum atomic E-state index is -3.39. The lowest BCUT2D eigenvalue weighted by Gasteiger charge is -2.10. The Morgan fingerprint density at radius 2 is 1.00 bits per heavy atom. The van der Waals surface area contributed by atoms with Crippen LogP contribution < -0.4 is 5.73 Å². The van der Waals surface area contributed by atoms with Gasteiger partial charge in [-0.15, -0.1) is 0 Å². The van der Waals surface area contributed by atoms with Gasteiger partial charge in [-0.25, -0.2) is 0 Å². The first-order chi connectivity index (χ1) is 12.8. The average molecular weight is 426 g/mol. The number of nitrogens with two attached hydrogens (primary N) is 1. The molecule has 0 bridgehead atoms. The van der Waals surface area contributed by atoms with Crippen LogP contribution in [-0.4, -0.2) is 22.4 Å². The molecule has 4 N–H and O–H groups in total. The lowest BCUT2D eigenvalue weighted by molar-refractivity contribution is 0.198. The molecule has 0 aromatic rings. The Balaban J connectivity index is 0. The van der Waals surface area contributed by atoms with Crippen molar-refractivity contribution in [3.63, 3.8) is 0 Å². The highest BCUT2D eigenvalue weighted by atomic mass is 32.5. The summed E-state index contributed by atoms with van der Waals surface area (Å²) in [5, 5.41) is 0. The van der Waals surface area contributed by atoms with Crippen LogP contribution in [0.2, 0.25) is 0 Å². The van der Waals surface area contributed by atoms with Crippen molar-refractivity contribution in [1.82, 2.24) is 0 Å². The minimum Gasteiger partial charge on any atom is -0.330 e. The number of unbranched alkanes of at least 4 members (excludes halogenated alkanes) is 15. The van der Waals surface area contributed by atoms with Crippen molar-refractivity contribution in [2.45, 2.75) is 130 Å². The topological polar surface area (TPSA) is 75.7 Å². The van der Waals surface area contributed by atoms with Crippen LogP contribution in [0.3, 0.4) is 0 Å². The first-order valence-corrected chi connectivity index (χ1v) is 13.9. The predicted molar refractivity (Wildman–Crippen MR) is 124 cm³/mol. The largest absolute Gasteiger partial charge is 0.330 e. The second kappa shape index (κ2) is 22.8. The van der Waals surface area contributed by atoms with Gasteiger partial charge in [-0.2, -0.15) is 0 Å². The van der Waals surface area contributed by atoms with Gasteiger partial charge in [-0.05, 0) is 38.6 Å². The molecule has 0 unspecified atom stereocenters. The van der Waals surface area contributed by atoms with Crippen molar-refractivity contribution in [2.75, 3.05) is 6.54 Å². The summed E-state index contributed by atoms with van der Waals surface area (Å²) < 4.78 is 4.47. The molecule has 0 spiro atoms. The van der Waals surface area contributed by atoms with E-state index in [0.29, 0.717) is 0 Å². The molecule has 0 aromatic heterocycles. The zero-order valence-electron chi connectivity index (χ0n) is 18.3. The molecule has 0 aliphatic heterocycles. The van der Waals surface area contributed by atoms with Crippen LogP contribution >= 0.6 is 6.72 Å². The SMILES string of the molecule is CC(C)OP(O)(O)=S.CCCCCCCCCCCCCCCCCCN. The molecule has 4 nitrogen and oxygen atoms in total. The Bertz CT molecular complexity index is 309. The quantitative estimate of drug-likeness (QED) is 0.166. The zero-order chi connectivity index (χ0) is 20.8. The number of hydrogen-bond donors (Lipinski definition) is 3. The van der Waals surface area contributed by atoms with Gasteiger partial charge >= 0.3 is 6.72 Å². The van der Waals surface area contributed by atoms with Crippen LogP contribution in [-0.2, 0) is 16.3 Å². The van der Waals surface area contributed by atoms with Crippen LogP contribution in [0.5, 0.6) is 0 Å². The van der Waals surface area contributed by atoms with Gasteiger partial charge in [0, 0.05) is 0 Å². The van der Waals surface area contributed by atoms with E-state index in [9.17, 15) is 0 Å². The van der Waals surface area contributed by atoms with Crippen molar-refractivity contribution in [3.05, 3.63) is 0 Å². The molecule has 0 saturated heterocycles. The average Bonchev–Trinajstić information content (AvgIpc) is 2.57. The molecule has 27 heavy (non-hydrogen) atoms. The summed E-state index contributed by atoms with van der Waals surface area (Å²) in [7, 11) is 0. The molecule has 0 heterocycles. The molecule has 0 radical (unpaired) electrons. The van der Waals surface area contributed by atoms with E-state index in [2.05, 4.69) is 23.3 Å². The Morgan fingerprint density at radius 3 is 1.19 bits per heavy atom. The molecule has 0 saturated carbocycles. The monoisotopic (exact) mass is 425 g/mol. The van der Waals surface area contributed by atoms with Gasteiger partial charge in [0.25, 0.3) is 0 Å². The van der Waals surface area contributed by atoms with E-state index in [1.165, 1.54) is 103 Å². The third kappa shape index (κ3) is 34.4. The van der Waals surface area contributed by atoms with E-state index in [-0.39, 0.29) is 6.10 Å². The highest BCUT2D eigenvalue weighted by Crippen LogP contribution is 2.37. The molecule has 0 atom stereocenters. The first kappa shape index (κ1) is 29.7. The van der Waals surface area contributed by atoms with Gasteiger partial charge in [0.1, 0.15) is 0 Å². The molecule has 0 fully saturated rings. The predicted octanol–water partition coefficient (Wildman–Crippen LogP) is 6.83. The maximum Gasteiger partial charge on any atom is 0.322 e. The van der Waals surface area contributed by atoms with Crippen molar-refractivity contribution in [1.29, 1.82) is 0 Å². The summed E-state index contributed by atoms with van der Waals surface area (Å²) in [4.78, 5) is 16.9. The fourth-order valence-corrected chi connectivity index (χ4v) is 4.03. The first-order valence-electron chi connectivity index (χ1n) is 11.3. The molecular formula is C21H48NO3PS. The van der Waals surface area contributed by atoms with Gasteiger partial charge in [-0.1, -0.05) is 103 Å². The fourth-order valence-electron chi connectivity index (χ4n) is 2.97. The van der Waals surface area contributed by atoms with Crippen LogP contribution in [0.25, 0.3) is 0 Å². The maximum absolute atomic E-state index is 8.45. The second-order valence-electron chi connectivity index (χ2n) is 7.74. The molecule has 6 heteroatoms. The fraction of sp³-hybridized carbons (Fsp3) is 1.00. The second-order valence-corrected chi connectivity index (χ2v) is 10.4. The Labute approximate surface area is 174 Å². The smallest absolute Gasteiger partial charge is 0.322 e. The summed E-state index contributed by atoms with van der Waals surface area (Å²) >= 11 is 4.16. The minimum absolute atomic E-state index is 0.212. The van der Waals surface area contributed by atoms with Gasteiger partial charge < -0.3 is 20.0 Å². The van der Waals surface area contributed by atoms with E-state index < -0.39 is 6.72 Å². The highest BCUT2D eigenvalue weighted by Gasteiger charge is 2.08. The van der Waals surface area contributed by atoms with Crippen LogP contribution in [0.15, 0.2) is 0 Å². The molecule has 0 aliphatic carbocycles. The van der Waals surface area contributed by atoms with Gasteiger partial charge in [0.15, 0.2) is 0 Å². The number of rotatable bonds is 18. The summed E-state index contributed by atoms with van der Waals surface area (Å²) in [5.41, 5.74) is 5.48. The van der Waals surface area contributed by atoms with Gasteiger partial charge in [0.2, 0.25) is 0 Å². The van der Waals surface area contributed by atoms with Crippen molar-refractivity contribution in [3.8, 4) is 0 Å². The van der Waals surface area contributed by atoms with E-state index in [4.69, 9.17) is 15.5 Å². The van der Waals surface area contributed by atoms with E-state index >= 15 is 0 Å². The van der Waals surface area contributed by atoms with E-state index in [1.54, 1.807) is 13.8 Å². The standard InChI is InChI=1S/C18H39N.C3H9O3PS/c1-2-3-4-5-6-7-8-9-10-11-12-13-14-15-16-17-18-19;1-3(2)6-7(4,5)8/h2-19H2,1H3;3H,1-2H3,(H2,4,5,8). The van der Waals surface area contributed by atoms with Crippen LogP contribution in [0.1, 0.15) is 124 Å².